The van der Waals surface area contributed by atoms with Gasteiger partial charge in [-0.25, -0.2) is 0 Å². The Bertz CT molecular complexity index is 654. The van der Waals surface area contributed by atoms with Gasteiger partial charge in [-0.2, -0.15) is 5.26 Å². The lowest BCUT2D eigenvalue weighted by Gasteiger charge is -2.20. The number of ether oxygens (including phenoxy) is 2. The maximum Gasteiger partial charge on any atom is 0.263 e. The number of nitrogens with zero attached hydrogens (tertiary/aromatic N) is 1. The van der Waals surface area contributed by atoms with E-state index >= 15 is 0 Å². The molecule has 0 radical (unpaired) electrons. The van der Waals surface area contributed by atoms with Crippen LogP contribution in [0.5, 0.6) is 11.5 Å². The molecule has 1 aromatic rings. The summed E-state index contributed by atoms with van der Waals surface area (Å²) in [4.78, 5) is 12.0. The van der Waals surface area contributed by atoms with Crippen LogP contribution in [0.15, 0.2) is 30.0 Å². The highest BCUT2D eigenvalue weighted by atomic mass is 16.5. The van der Waals surface area contributed by atoms with E-state index in [1.165, 1.54) is 6.20 Å². The second kappa shape index (κ2) is 8.25. The van der Waals surface area contributed by atoms with Crippen LogP contribution in [-0.2, 0) is 4.79 Å². The molecule has 1 amide bonds. The second-order valence-electron chi connectivity index (χ2n) is 6.38. The Labute approximate surface area is 143 Å². The van der Waals surface area contributed by atoms with Crippen LogP contribution in [0, 0.1) is 11.3 Å². The number of nitrogens with one attached hydrogen (secondary N) is 2. The summed E-state index contributed by atoms with van der Waals surface area (Å²) in [6.45, 7) is 7.51. The quantitative estimate of drug-likeness (QED) is 0.618. The number of nitriles is 1. The lowest BCUT2D eigenvalue weighted by Crippen LogP contribution is -2.41. The fraction of sp³-hybridized carbons (Fsp3) is 0.444. The monoisotopic (exact) mass is 331 g/mol. The fourth-order valence-corrected chi connectivity index (χ4v) is 1.98. The Morgan fingerprint density at radius 2 is 1.88 bits per heavy atom. The Kier molecular flexibility index (Phi) is 6.66. The van der Waals surface area contributed by atoms with Crippen molar-refractivity contribution in [1.82, 2.24) is 10.6 Å². The molecule has 130 valence electrons. The molecule has 1 unspecified atom stereocenters. The van der Waals surface area contributed by atoms with Gasteiger partial charge in [-0.05, 0) is 45.4 Å². The molecule has 0 heterocycles. The fourth-order valence-electron chi connectivity index (χ4n) is 1.98. The van der Waals surface area contributed by atoms with Crippen LogP contribution in [0.1, 0.15) is 39.3 Å². The second-order valence-corrected chi connectivity index (χ2v) is 6.38. The number of rotatable bonds is 6. The number of carbonyl (C=O) groups is 1. The van der Waals surface area contributed by atoms with E-state index in [1.807, 2.05) is 52.0 Å². The van der Waals surface area contributed by atoms with Crippen LogP contribution < -0.4 is 20.1 Å². The summed E-state index contributed by atoms with van der Waals surface area (Å²) in [5, 5.41) is 15.0. The molecule has 0 fully saturated rings. The number of methoxy groups -OCH3 is 2. The van der Waals surface area contributed by atoms with Crippen LogP contribution in [0.3, 0.4) is 0 Å². The Balaban J connectivity index is 2.88. The van der Waals surface area contributed by atoms with Gasteiger partial charge in [0.2, 0.25) is 0 Å². The van der Waals surface area contributed by atoms with Gasteiger partial charge in [0.1, 0.15) is 11.6 Å². The smallest absolute Gasteiger partial charge is 0.263 e. The Hall–Kier alpha value is -2.68. The van der Waals surface area contributed by atoms with Gasteiger partial charge in [0, 0.05) is 17.8 Å². The van der Waals surface area contributed by atoms with Crippen LogP contribution in [-0.4, -0.2) is 25.7 Å². The molecule has 0 aliphatic heterocycles. The van der Waals surface area contributed by atoms with E-state index in [0.29, 0.717) is 11.5 Å². The summed E-state index contributed by atoms with van der Waals surface area (Å²) in [5.41, 5.74) is 0.566. The van der Waals surface area contributed by atoms with Gasteiger partial charge in [-0.1, -0.05) is 6.07 Å². The normalized spacial score (nSPS) is 12.8. The molecule has 0 aromatic heterocycles. The van der Waals surface area contributed by atoms with Crippen LogP contribution >= 0.6 is 0 Å². The minimum atomic E-state index is -0.406. The van der Waals surface area contributed by atoms with Gasteiger partial charge in [0.25, 0.3) is 5.91 Å². The molecule has 0 spiro atoms. The first-order valence-corrected chi connectivity index (χ1v) is 7.62. The summed E-state index contributed by atoms with van der Waals surface area (Å²) in [6, 6.07) is 7.36. The zero-order chi connectivity index (χ0) is 18.3. The van der Waals surface area contributed by atoms with Crippen molar-refractivity contribution in [3.8, 4) is 17.6 Å². The SMILES string of the molecule is COc1ccc(C(C)N/C=C(/C#N)C(=O)NC(C)(C)C)cc1OC. The van der Waals surface area contributed by atoms with Gasteiger partial charge in [-0.3, -0.25) is 4.79 Å². The minimum absolute atomic E-state index is 0.0252. The van der Waals surface area contributed by atoms with E-state index in [9.17, 15) is 10.1 Å². The van der Waals surface area contributed by atoms with Crippen molar-refractivity contribution in [2.24, 2.45) is 0 Å². The van der Waals surface area contributed by atoms with Crippen LogP contribution in [0.2, 0.25) is 0 Å². The predicted octanol–water partition coefficient (Wildman–Crippen LogP) is 2.68. The largest absolute Gasteiger partial charge is 0.493 e. The molecule has 24 heavy (non-hydrogen) atoms. The molecule has 2 N–H and O–H groups in total. The molecule has 0 saturated heterocycles. The molecule has 0 bridgehead atoms. The van der Waals surface area contributed by atoms with Crippen molar-refractivity contribution in [1.29, 1.82) is 5.26 Å². The number of amides is 1. The van der Waals surface area contributed by atoms with Crippen molar-refractivity contribution in [2.75, 3.05) is 14.2 Å². The van der Waals surface area contributed by atoms with Gasteiger partial charge < -0.3 is 20.1 Å². The van der Waals surface area contributed by atoms with Gasteiger partial charge in [-0.15, -0.1) is 0 Å². The van der Waals surface area contributed by atoms with E-state index in [0.717, 1.165) is 5.56 Å². The molecule has 0 aliphatic rings. The van der Waals surface area contributed by atoms with E-state index < -0.39 is 11.4 Å². The van der Waals surface area contributed by atoms with Crippen molar-refractivity contribution < 1.29 is 14.3 Å². The van der Waals surface area contributed by atoms with Crippen LogP contribution in [0.4, 0.5) is 0 Å². The maximum absolute atomic E-state index is 12.0. The first-order chi connectivity index (χ1) is 11.2. The predicted molar refractivity (Wildman–Crippen MR) is 92.7 cm³/mol. The molecule has 6 nitrogen and oxygen atoms in total. The molecular formula is C18H25N3O3. The highest BCUT2D eigenvalue weighted by Gasteiger charge is 2.17. The molecule has 6 heteroatoms. The topological polar surface area (TPSA) is 83.4 Å². The summed E-state index contributed by atoms with van der Waals surface area (Å²) >= 11 is 0. The summed E-state index contributed by atoms with van der Waals surface area (Å²) in [7, 11) is 3.15. The average Bonchev–Trinajstić information content (AvgIpc) is 2.52. The average molecular weight is 331 g/mol. The van der Waals surface area contributed by atoms with E-state index in [4.69, 9.17) is 9.47 Å². The Morgan fingerprint density at radius 3 is 2.38 bits per heavy atom. The number of hydrogen-bond acceptors (Lipinski definition) is 5. The third-order valence-electron chi connectivity index (χ3n) is 3.24. The Morgan fingerprint density at radius 1 is 1.25 bits per heavy atom. The number of hydrogen-bond donors (Lipinski definition) is 2. The van der Waals surface area contributed by atoms with Gasteiger partial charge in [0.15, 0.2) is 11.5 Å². The van der Waals surface area contributed by atoms with Crippen molar-refractivity contribution in [3.05, 3.63) is 35.5 Å². The summed E-state index contributed by atoms with van der Waals surface area (Å²) < 4.78 is 10.5. The summed E-state index contributed by atoms with van der Waals surface area (Å²) in [5.74, 6) is 0.863. The first-order valence-electron chi connectivity index (χ1n) is 7.62. The highest BCUT2D eigenvalue weighted by molar-refractivity contribution is 5.97. The molecule has 0 aliphatic carbocycles. The zero-order valence-electron chi connectivity index (χ0n) is 15.1. The highest BCUT2D eigenvalue weighted by Crippen LogP contribution is 2.29. The number of benzene rings is 1. The third kappa shape index (κ3) is 5.51. The molecule has 1 atom stereocenters. The van der Waals surface area contributed by atoms with Crippen molar-refractivity contribution in [2.45, 2.75) is 39.3 Å². The first kappa shape index (κ1) is 19.4. The summed E-state index contributed by atoms with van der Waals surface area (Å²) in [6.07, 6.45) is 1.43. The third-order valence-corrected chi connectivity index (χ3v) is 3.24. The maximum atomic E-state index is 12.0. The molecule has 0 saturated carbocycles. The lowest BCUT2D eigenvalue weighted by atomic mass is 10.1. The zero-order valence-corrected chi connectivity index (χ0v) is 15.1. The van der Waals surface area contributed by atoms with Crippen LogP contribution in [0.25, 0.3) is 0 Å². The van der Waals surface area contributed by atoms with Gasteiger partial charge in [0.05, 0.1) is 14.2 Å². The standard InChI is InChI=1S/C18H25N3O3/c1-12(13-7-8-15(23-5)16(9-13)24-6)20-11-14(10-19)17(22)21-18(2,3)4/h7-9,11-12,20H,1-6H3,(H,21,22)/b14-11-. The molecule has 1 rings (SSSR count). The van der Waals surface area contributed by atoms with Gasteiger partial charge >= 0.3 is 0 Å². The molecular weight excluding hydrogens is 306 g/mol. The minimum Gasteiger partial charge on any atom is -0.493 e. The molecule has 1 aromatic carbocycles. The van der Waals surface area contributed by atoms with E-state index in [-0.39, 0.29) is 11.6 Å². The van der Waals surface area contributed by atoms with E-state index in [1.54, 1.807) is 14.2 Å². The number of carbonyl (C=O) groups excluding carboxylic acids is 1. The van der Waals surface area contributed by atoms with Crippen molar-refractivity contribution >= 4 is 5.91 Å². The lowest BCUT2D eigenvalue weighted by molar-refractivity contribution is -0.118. The van der Waals surface area contributed by atoms with Crippen molar-refractivity contribution in [3.63, 3.8) is 0 Å². The van der Waals surface area contributed by atoms with E-state index in [2.05, 4.69) is 10.6 Å².